The monoisotopic (exact) mass is 304 g/mol. The molecule has 0 aliphatic heterocycles. The molecule has 3 N–H and O–H groups in total. The highest BCUT2D eigenvalue weighted by atomic mass is 35.5. The van der Waals surface area contributed by atoms with Crippen molar-refractivity contribution in [1.82, 2.24) is 9.88 Å². The number of aromatic nitrogens is 1. The SMILES string of the molecule is CCN(Cc1ccncc1)C(=O)c1cc(Cl)ccc1NN. The van der Waals surface area contributed by atoms with Crippen LogP contribution >= 0.6 is 11.6 Å². The smallest absolute Gasteiger partial charge is 0.256 e. The Balaban J connectivity index is 2.26. The van der Waals surface area contributed by atoms with E-state index in [2.05, 4.69) is 10.4 Å². The molecule has 21 heavy (non-hydrogen) atoms. The number of amides is 1. The first-order valence-corrected chi connectivity index (χ1v) is 6.97. The Morgan fingerprint density at radius 3 is 2.67 bits per heavy atom. The minimum atomic E-state index is -0.121. The molecule has 0 atom stereocenters. The second-order valence-corrected chi connectivity index (χ2v) is 4.95. The molecule has 110 valence electrons. The van der Waals surface area contributed by atoms with Crippen LogP contribution < -0.4 is 11.3 Å². The fourth-order valence-corrected chi connectivity index (χ4v) is 2.20. The lowest BCUT2D eigenvalue weighted by atomic mass is 10.1. The minimum Gasteiger partial charge on any atom is -0.335 e. The van der Waals surface area contributed by atoms with E-state index in [1.807, 2.05) is 19.1 Å². The van der Waals surface area contributed by atoms with E-state index < -0.39 is 0 Å². The van der Waals surface area contributed by atoms with Gasteiger partial charge in [-0.25, -0.2) is 0 Å². The number of anilines is 1. The molecule has 0 radical (unpaired) electrons. The molecule has 5 nitrogen and oxygen atoms in total. The lowest BCUT2D eigenvalue weighted by Gasteiger charge is -2.22. The van der Waals surface area contributed by atoms with Crippen LogP contribution in [0.2, 0.25) is 5.02 Å². The second kappa shape index (κ2) is 7.06. The van der Waals surface area contributed by atoms with E-state index in [0.717, 1.165) is 5.56 Å². The first kappa shape index (κ1) is 15.3. The standard InChI is InChI=1S/C15H17ClN4O/c1-2-20(10-11-5-7-18-8-6-11)15(21)13-9-12(16)3-4-14(13)19-17/h3-9,19H,2,10,17H2,1H3. The van der Waals surface area contributed by atoms with Crippen LogP contribution in [0.1, 0.15) is 22.8 Å². The molecule has 0 fully saturated rings. The van der Waals surface area contributed by atoms with Crippen LogP contribution in [0.3, 0.4) is 0 Å². The first-order chi connectivity index (χ1) is 10.2. The summed E-state index contributed by atoms with van der Waals surface area (Å²) in [4.78, 5) is 18.4. The van der Waals surface area contributed by atoms with Crippen molar-refractivity contribution in [1.29, 1.82) is 0 Å². The van der Waals surface area contributed by atoms with E-state index in [4.69, 9.17) is 17.4 Å². The van der Waals surface area contributed by atoms with Gasteiger partial charge in [-0.3, -0.25) is 15.6 Å². The van der Waals surface area contributed by atoms with Crippen LogP contribution in [0.15, 0.2) is 42.7 Å². The van der Waals surface area contributed by atoms with Crippen molar-refractivity contribution in [3.05, 3.63) is 58.9 Å². The summed E-state index contributed by atoms with van der Waals surface area (Å²) in [5.74, 6) is 5.34. The Kier molecular flexibility index (Phi) is 5.14. The number of rotatable bonds is 5. The van der Waals surface area contributed by atoms with Gasteiger partial charge in [-0.1, -0.05) is 11.6 Å². The molecule has 0 saturated carbocycles. The number of pyridine rings is 1. The van der Waals surface area contributed by atoms with Crippen molar-refractivity contribution in [2.24, 2.45) is 5.84 Å². The Labute approximate surface area is 128 Å². The lowest BCUT2D eigenvalue weighted by molar-refractivity contribution is 0.0753. The molecular formula is C15H17ClN4O. The lowest BCUT2D eigenvalue weighted by Crippen LogP contribution is -2.31. The molecule has 1 amide bonds. The second-order valence-electron chi connectivity index (χ2n) is 4.51. The van der Waals surface area contributed by atoms with Gasteiger partial charge in [0.25, 0.3) is 5.91 Å². The number of hydrazine groups is 1. The maximum absolute atomic E-state index is 12.7. The molecule has 1 heterocycles. The Morgan fingerprint density at radius 2 is 2.05 bits per heavy atom. The van der Waals surface area contributed by atoms with Gasteiger partial charge in [0, 0.05) is 30.5 Å². The molecule has 2 aromatic rings. The molecule has 0 aliphatic carbocycles. The highest BCUT2D eigenvalue weighted by molar-refractivity contribution is 6.31. The summed E-state index contributed by atoms with van der Waals surface area (Å²) in [6.07, 6.45) is 3.42. The molecule has 0 unspecified atom stereocenters. The normalized spacial score (nSPS) is 10.2. The van der Waals surface area contributed by atoms with E-state index >= 15 is 0 Å². The van der Waals surface area contributed by atoms with Crippen LogP contribution in [0.4, 0.5) is 5.69 Å². The van der Waals surface area contributed by atoms with Crippen LogP contribution in [-0.2, 0) is 6.54 Å². The third-order valence-electron chi connectivity index (χ3n) is 3.16. The summed E-state index contributed by atoms with van der Waals surface area (Å²) in [5, 5.41) is 0.498. The molecule has 0 bridgehead atoms. The molecule has 0 spiro atoms. The highest BCUT2D eigenvalue weighted by Crippen LogP contribution is 2.22. The van der Waals surface area contributed by atoms with Gasteiger partial charge < -0.3 is 10.3 Å². The number of nitrogens with two attached hydrogens (primary N) is 1. The van der Waals surface area contributed by atoms with E-state index in [1.165, 1.54) is 0 Å². The number of benzene rings is 1. The predicted molar refractivity (Wildman–Crippen MR) is 83.9 cm³/mol. The van der Waals surface area contributed by atoms with Crippen LogP contribution in [-0.4, -0.2) is 22.3 Å². The van der Waals surface area contributed by atoms with E-state index in [-0.39, 0.29) is 5.91 Å². The number of carbonyl (C=O) groups is 1. The zero-order valence-corrected chi connectivity index (χ0v) is 12.5. The number of carbonyl (C=O) groups excluding carboxylic acids is 1. The summed E-state index contributed by atoms with van der Waals surface area (Å²) < 4.78 is 0. The Bertz CT molecular complexity index is 618. The molecule has 6 heteroatoms. The van der Waals surface area contributed by atoms with Crippen molar-refractivity contribution in [2.45, 2.75) is 13.5 Å². The third-order valence-corrected chi connectivity index (χ3v) is 3.39. The molecule has 2 rings (SSSR count). The van der Waals surface area contributed by atoms with Gasteiger partial charge in [-0.15, -0.1) is 0 Å². The number of halogens is 1. The Hall–Kier alpha value is -2.11. The molecule has 1 aromatic heterocycles. The maximum atomic E-state index is 12.7. The number of nitrogens with zero attached hydrogens (tertiary/aromatic N) is 2. The van der Waals surface area contributed by atoms with Crippen LogP contribution in [0.5, 0.6) is 0 Å². The van der Waals surface area contributed by atoms with Crippen molar-refractivity contribution in [2.75, 3.05) is 12.0 Å². The van der Waals surface area contributed by atoms with E-state index in [9.17, 15) is 4.79 Å². The number of hydrogen-bond donors (Lipinski definition) is 2. The fraction of sp³-hybridized carbons (Fsp3) is 0.200. The van der Waals surface area contributed by atoms with Crippen molar-refractivity contribution in [3.63, 3.8) is 0 Å². The third kappa shape index (κ3) is 3.71. The summed E-state index contributed by atoms with van der Waals surface area (Å²) in [6.45, 7) is 3.02. The quantitative estimate of drug-likeness (QED) is 0.658. The Morgan fingerprint density at radius 1 is 1.33 bits per heavy atom. The van der Waals surface area contributed by atoms with Gasteiger partial charge in [0.1, 0.15) is 0 Å². The first-order valence-electron chi connectivity index (χ1n) is 6.60. The number of nitrogen functional groups attached to an aromatic ring is 1. The van der Waals surface area contributed by atoms with Gasteiger partial charge in [0.15, 0.2) is 0 Å². The zero-order chi connectivity index (χ0) is 15.2. The molecular weight excluding hydrogens is 288 g/mol. The van der Waals surface area contributed by atoms with Crippen molar-refractivity contribution in [3.8, 4) is 0 Å². The predicted octanol–water partition coefficient (Wildman–Crippen LogP) is 2.68. The fourth-order valence-electron chi connectivity index (χ4n) is 2.03. The van der Waals surface area contributed by atoms with Gasteiger partial charge in [-0.05, 0) is 42.8 Å². The summed E-state index contributed by atoms with van der Waals surface area (Å²) in [6, 6.07) is 8.77. The average molecular weight is 305 g/mol. The van der Waals surface area contributed by atoms with Gasteiger partial charge in [-0.2, -0.15) is 0 Å². The van der Waals surface area contributed by atoms with Crippen LogP contribution in [0, 0.1) is 0 Å². The summed E-state index contributed by atoms with van der Waals surface area (Å²) in [7, 11) is 0. The minimum absolute atomic E-state index is 0.121. The highest BCUT2D eigenvalue weighted by Gasteiger charge is 2.18. The summed E-state index contributed by atoms with van der Waals surface area (Å²) in [5.41, 5.74) is 4.56. The van der Waals surface area contributed by atoms with Gasteiger partial charge in [0.05, 0.1) is 11.3 Å². The average Bonchev–Trinajstić information content (AvgIpc) is 2.53. The van der Waals surface area contributed by atoms with E-state index in [0.29, 0.717) is 29.4 Å². The zero-order valence-electron chi connectivity index (χ0n) is 11.7. The molecule has 1 aromatic carbocycles. The number of nitrogens with one attached hydrogen (secondary N) is 1. The van der Waals surface area contributed by atoms with Crippen molar-refractivity contribution >= 4 is 23.2 Å². The molecule has 0 saturated heterocycles. The largest absolute Gasteiger partial charge is 0.335 e. The van der Waals surface area contributed by atoms with Gasteiger partial charge in [0.2, 0.25) is 0 Å². The maximum Gasteiger partial charge on any atom is 0.256 e. The van der Waals surface area contributed by atoms with Gasteiger partial charge >= 0.3 is 0 Å². The number of hydrogen-bond acceptors (Lipinski definition) is 4. The summed E-state index contributed by atoms with van der Waals surface area (Å²) >= 11 is 5.98. The van der Waals surface area contributed by atoms with E-state index in [1.54, 1.807) is 35.5 Å². The van der Waals surface area contributed by atoms with Crippen LogP contribution in [0.25, 0.3) is 0 Å². The van der Waals surface area contributed by atoms with Crippen molar-refractivity contribution < 1.29 is 4.79 Å². The topological polar surface area (TPSA) is 71.2 Å². The molecule has 0 aliphatic rings.